The molecule has 1 heterocycles. The van der Waals surface area contributed by atoms with Crippen molar-refractivity contribution in [3.8, 4) is 0 Å². The fraction of sp³-hybridized carbons (Fsp3) is 0.333. The summed E-state index contributed by atoms with van der Waals surface area (Å²) in [7, 11) is 0. The first-order valence-electron chi connectivity index (χ1n) is 6.73. The molecule has 0 saturated carbocycles. The molecule has 0 spiro atoms. The molecular weight excluding hydrogens is 294 g/mol. The van der Waals surface area contributed by atoms with Crippen LogP contribution in [-0.4, -0.2) is 25.0 Å². The van der Waals surface area contributed by atoms with Crippen LogP contribution in [0.5, 0.6) is 0 Å². The molecule has 0 radical (unpaired) electrons. The summed E-state index contributed by atoms with van der Waals surface area (Å²) in [5, 5.41) is 3.92. The molecule has 1 amide bonds. The predicted molar refractivity (Wildman–Crippen MR) is 79.4 cm³/mol. The van der Waals surface area contributed by atoms with Gasteiger partial charge in [-0.1, -0.05) is 24.9 Å². The Labute approximate surface area is 127 Å². The van der Waals surface area contributed by atoms with Crippen LogP contribution in [0.1, 0.15) is 30.3 Å². The van der Waals surface area contributed by atoms with Gasteiger partial charge in [0.05, 0.1) is 0 Å². The predicted octanol–water partition coefficient (Wildman–Crippen LogP) is 3.16. The van der Waals surface area contributed by atoms with Crippen LogP contribution in [0.15, 0.2) is 28.7 Å². The largest absolute Gasteiger partial charge is 0.450 e. The highest BCUT2D eigenvalue weighted by Gasteiger charge is 2.15. The molecule has 21 heavy (non-hydrogen) atoms. The lowest BCUT2D eigenvalue weighted by atomic mass is 10.2. The van der Waals surface area contributed by atoms with Gasteiger partial charge in [0.25, 0.3) is 5.91 Å². The molecule has 1 aromatic heterocycles. The molecule has 0 unspecified atom stereocenters. The SMILES string of the molecule is CCCCNC(=O)COC(=O)c1cc2cc(Cl)ccc2o1. The van der Waals surface area contributed by atoms with Gasteiger partial charge in [0, 0.05) is 17.0 Å². The molecule has 1 N–H and O–H groups in total. The highest BCUT2D eigenvalue weighted by Crippen LogP contribution is 2.23. The van der Waals surface area contributed by atoms with Crippen molar-refractivity contribution in [1.82, 2.24) is 5.32 Å². The third-order valence-electron chi connectivity index (χ3n) is 2.87. The summed E-state index contributed by atoms with van der Waals surface area (Å²) in [6, 6.07) is 6.57. The lowest BCUT2D eigenvalue weighted by Gasteiger charge is -2.04. The maximum Gasteiger partial charge on any atom is 0.374 e. The summed E-state index contributed by atoms with van der Waals surface area (Å²) in [5.74, 6) is -0.947. The number of hydrogen-bond donors (Lipinski definition) is 1. The molecule has 112 valence electrons. The second-order valence-electron chi connectivity index (χ2n) is 4.57. The third kappa shape index (κ3) is 4.23. The number of rotatable bonds is 6. The molecule has 1 aromatic carbocycles. The lowest BCUT2D eigenvalue weighted by Crippen LogP contribution is -2.29. The number of fused-ring (bicyclic) bond motifs is 1. The first kappa shape index (κ1) is 15.4. The summed E-state index contributed by atoms with van der Waals surface area (Å²) in [5.41, 5.74) is 0.541. The smallest absolute Gasteiger partial charge is 0.374 e. The van der Waals surface area contributed by atoms with E-state index >= 15 is 0 Å². The Morgan fingerprint density at radius 1 is 1.33 bits per heavy atom. The van der Waals surface area contributed by atoms with Gasteiger partial charge in [-0.25, -0.2) is 4.79 Å². The van der Waals surface area contributed by atoms with Crippen LogP contribution < -0.4 is 5.32 Å². The molecular formula is C15H16ClNO4. The van der Waals surface area contributed by atoms with E-state index in [1.807, 2.05) is 6.92 Å². The number of unbranched alkanes of at least 4 members (excludes halogenated alkanes) is 1. The molecule has 2 rings (SSSR count). The highest BCUT2D eigenvalue weighted by atomic mass is 35.5. The zero-order valence-electron chi connectivity index (χ0n) is 11.6. The Balaban J connectivity index is 1.91. The Bertz CT molecular complexity index is 650. The summed E-state index contributed by atoms with van der Waals surface area (Å²) < 4.78 is 10.3. The van der Waals surface area contributed by atoms with Crippen LogP contribution in [0.3, 0.4) is 0 Å². The van der Waals surface area contributed by atoms with Crippen molar-refractivity contribution in [3.05, 3.63) is 35.0 Å². The number of halogens is 1. The molecule has 6 heteroatoms. The number of nitrogens with one attached hydrogen (secondary N) is 1. The van der Waals surface area contributed by atoms with Gasteiger partial charge in [0.2, 0.25) is 5.76 Å². The zero-order chi connectivity index (χ0) is 15.2. The first-order valence-corrected chi connectivity index (χ1v) is 7.11. The van der Waals surface area contributed by atoms with E-state index in [0.29, 0.717) is 22.5 Å². The molecule has 2 aromatic rings. The average molecular weight is 310 g/mol. The van der Waals surface area contributed by atoms with Gasteiger partial charge in [0.1, 0.15) is 5.58 Å². The molecule has 0 atom stereocenters. The van der Waals surface area contributed by atoms with Crippen LogP contribution in [0.4, 0.5) is 0 Å². The van der Waals surface area contributed by atoms with Crippen molar-refractivity contribution < 1.29 is 18.7 Å². The Kier molecular flexibility index (Phi) is 5.22. The number of hydrogen-bond acceptors (Lipinski definition) is 4. The fourth-order valence-electron chi connectivity index (χ4n) is 1.77. The summed E-state index contributed by atoms with van der Waals surface area (Å²) in [6.45, 7) is 2.29. The number of benzene rings is 1. The summed E-state index contributed by atoms with van der Waals surface area (Å²) in [4.78, 5) is 23.2. The molecule has 5 nitrogen and oxygen atoms in total. The maximum atomic E-state index is 11.8. The zero-order valence-corrected chi connectivity index (χ0v) is 12.4. The van der Waals surface area contributed by atoms with Crippen LogP contribution in [0.2, 0.25) is 5.02 Å². The minimum atomic E-state index is -0.673. The van der Waals surface area contributed by atoms with Crippen molar-refractivity contribution >= 4 is 34.4 Å². The van der Waals surface area contributed by atoms with Crippen LogP contribution in [-0.2, 0) is 9.53 Å². The molecule has 0 bridgehead atoms. The third-order valence-corrected chi connectivity index (χ3v) is 3.10. The number of ether oxygens (including phenoxy) is 1. The van der Waals surface area contributed by atoms with Crippen molar-refractivity contribution in [3.63, 3.8) is 0 Å². The molecule has 0 saturated heterocycles. The number of esters is 1. The number of carbonyl (C=O) groups excluding carboxylic acids is 2. The Morgan fingerprint density at radius 2 is 2.14 bits per heavy atom. The Morgan fingerprint density at radius 3 is 2.90 bits per heavy atom. The average Bonchev–Trinajstić information content (AvgIpc) is 2.88. The van der Waals surface area contributed by atoms with Crippen LogP contribution in [0.25, 0.3) is 11.0 Å². The van der Waals surface area contributed by atoms with E-state index in [2.05, 4.69) is 5.32 Å². The van der Waals surface area contributed by atoms with Gasteiger partial charge in [-0.05, 0) is 30.7 Å². The first-order chi connectivity index (χ1) is 10.1. The second kappa shape index (κ2) is 7.13. The van der Waals surface area contributed by atoms with E-state index in [0.717, 1.165) is 12.8 Å². The minimum absolute atomic E-state index is 0.0497. The molecule has 0 fully saturated rings. The van der Waals surface area contributed by atoms with E-state index in [9.17, 15) is 9.59 Å². The summed E-state index contributed by atoms with van der Waals surface area (Å²) >= 11 is 5.86. The number of furan rings is 1. The lowest BCUT2D eigenvalue weighted by molar-refractivity contribution is -0.124. The maximum absolute atomic E-state index is 11.8. The molecule has 0 aliphatic carbocycles. The van der Waals surface area contributed by atoms with Gasteiger partial charge in [-0.15, -0.1) is 0 Å². The summed E-state index contributed by atoms with van der Waals surface area (Å²) in [6.07, 6.45) is 1.88. The van der Waals surface area contributed by atoms with Gasteiger partial charge >= 0.3 is 5.97 Å². The minimum Gasteiger partial charge on any atom is -0.450 e. The standard InChI is InChI=1S/C15H16ClNO4/c1-2-3-6-17-14(18)9-20-15(19)13-8-10-7-11(16)4-5-12(10)21-13/h4-5,7-8H,2-3,6,9H2,1H3,(H,17,18). The van der Waals surface area contributed by atoms with Gasteiger partial charge in [-0.2, -0.15) is 0 Å². The topological polar surface area (TPSA) is 68.5 Å². The van der Waals surface area contributed by atoms with E-state index in [4.69, 9.17) is 20.8 Å². The van der Waals surface area contributed by atoms with Crippen molar-refractivity contribution in [2.24, 2.45) is 0 Å². The monoisotopic (exact) mass is 309 g/mol. The number of carbonyl (C=O) groups is 2. The van der Waals surface area contributed by atoms with Crippen LogP contribution >= 0.6 is 11.6 Å². The fourth-order valence-corrected chi connectivity index (χ4v) is 1.95. The quantitative estimate of drug-likeness (QED) is 0.657. The van der Waals surface area contributed by atoms with Gasteiger partial charge in [-0.3, -0.25) is 4.79 Å². The van der Waals surface area contributed by atoms with E-state index in [1.165, 1.54) is 0 Å². The van der Waals surface area contributed by atoms with Crippen molar-refractivity contribution in [1.29, 1.82) is 0 Å². The van der Waals surface area contributed by atoms with Gasteiger partial charge < -0.3 is 14.5 Å². The second-order valence-corrected chi connectivity index (χ2v) is 5.01. The molecule has 0 aliphatic rings. The van der Waals surface area contributed by atoms with Crippen molar-refractivity contribution in [2.75, 3.05) is 13.2 Å². The van der Waals surface area contributed by atoms with Gasteiger partial charge in [0.15, 0.2) is 6.61 Å². The Hall–Kier alpha value is -2.01. The van der Waals surface area contributed by atoms with Crippen LogP contribution in [0, 0.1) is 0 Å². The highest BCUT2D eigenvalue weighted by molar-refractivity contribution is 6.31. The van der Waals surface area contributed by atoms with E-state index in [1.54, 1.807) is 24.3 Å². The van der Waals surface area contributed by atoms with E-state index < -0.39 is 5.97 Å². The van der Waals surface area contributed by atoms with Crippen molar-refractivity contribution in [2.45, 2.75) is 19.8 Å². The molecule has 0 aliphatic heterocycles. The number of amides is 1. The normalized spacial score (nSPS) is 10.6. The van der Waals surface area contributed by atoms with E-state index in [-0.39, 0.29) is 18.3 Å².